The number of guanidine groups is 1. The number of amides is 2. The van der Waals surface area contributed by atoms with Crippen LogP contribution in [0.2, 0.25) is 10.0 Å². The Kier molecular flexibility index (Phi) is 7.12. The van der Waals surface area contributed by atoms with Gasteiger partial charge in [0.1, 0.15) is 5.82 Å². The fourth-order valence-electron chi connectivity index (χ4n) is 2.81. The summed E-state index contributed by atoms with van der Waals surface area (Å²) in [5.74, 6) is -0.693. The maximum Gasteiger partial charge on any atom is 0.407 e. The van der Waals surface area contributed by atoms with Crippen molar-refractivity contribution < 1.29 is 18.7 Å². The second-order valence-corrected chi connectivity index (χ2v) is 7.47. The molecule has 1 aliphatic carbocycles. The van der Waals surface area contributed by atoms with Crippen LogP contribution in [-0.2, 0) is 4.74 Å². The van der Waals surface area contributed by atoms with Crippen LogP contribution in [0.25, 0.3) is 0 Å². The molecule has 0 aliphatic heterocycles. The third-order valence-electron chi connectivity index (χ3n) is 4.45. The zero-order chi connectivity index (χ0) is 21.7. The van der Waals surface area contributed by atoms with Gasteiger partial charge in [0, 0.05) is 17.3 Å². The minimum absolute atomic E-state index is 0.0507. The quantitative estimate of drug-likeness (QED) is 0.478. The predicted molar refractivity (Wildman–Crippen MR) is 114 cm³/mol. The minimum atomic E-state index is -0.499. The number of hydrogen-bond acceptors (Lipinski definition) is 4. The van der Waals surface area contributed by atoms with Gasteiger partial charge >= 0.3 is 6.09 Å². The van der Waals surface area contributed by atoms with Crippen molar-refractivity contribution in [3.63, 3.8) is 0 Å². The number of carbonyl (C=O) groups excluding carboxylic acids is 2. The van der Waals surface area contributed by atoms with Gasteiger partial charge in [-0.3, -0.25) is 10.1 Å². The number of aliphatic imine (C=N–C) groups is 1. The van der Waals surface area contributed by atoms with E-state index in [9.17, 15) is 14.0 Å². The molecule has 7 nitrogen and oxygen atoms in total. The second kappa shape index (κ2) is 9.77. The smallest absolute Gasteiger partial charge is 0.407 e. The number of methoxy groups -OCH3 is 1. The van der Waals surface area contributed by atoms with Crippen molar-refractivity contribution in [2.45, 2.75) is 24.9 Å². The van der Waals surface area contributed by atoms with Gasteiger partial charge in [0.05, 0.1) is 23.2 Å². The van der Waals surface area contributed by atoms with Crippen LogP contribution in [0, 0.1) is 5.82 Å². The number of nitrogens with one attached hydrogen (secondary N) is 3. The molecule has 0 aromatic heterocycles. The van der Waals surface area contributed by atoms with Gasteiger partial charge in [-0.05, 0) is 55.3 Å². The average Bonchev–Trinajstić information content (AvgIpc) is 2.69. The predicted octanol–water partition coefficient (Wildman–Crippen LogP) is 4.22. The minimum Gasteiger partial charge on any atom is -0.453 e. The normalized spacial score (nSPS) is 18.2. The number of benzene rings is 2. The van der Waals surface area contributed by atoms with Gasteiger partial charge in [0.15, 0.2) is 0 Å². The van der Waals surface area contributed by atoms with Gasteiger partial charge in [-0.25, -0.2) is 14.2 Å². The van der Waals surface area contributed by atoms with E-state index in [1.54, 1.807) is 18.2 Å². The van der Waals surface area contributed by atoms with Gasteiger partial charge in [-0.2, -0.15) is 0 Å². The maximum absolute atomic E-state index is 13.1. The molecule has 1 saturated carbocycles. The fourth-order valence-corrected chi connectivity index (χ4v) is 3.10. The first-order chi connectivity index (χ1) is 14.3. The van der Waals surface area contributed by atoms with Crippen LogP contribution in [0.4, 0.5) is 14.9 Å². The van der Waals surface area contributed by atoms with Crippen molar-refractivity contribution in [1.82, 2.24) is 10.6 Å². The van der Waals surface area contributed by atoms with Crippen molar-refractivity contribution in [2.75, 3.05) is 12.4 Å². The van der Waals surface area contributed by atoms with Crippen molar-refractivity contribution in [2.24, 2.45) is 4.99 Å². The van der Waals surface area contributed by atoms with E-state index in [0.29, 0.717) is 28.6 Å². The highest BCUT2D eigenvalue weighted by Gasteiger charge is 2.31. The zero-order valence-corrected chi connectivity index (χ0v) is 17.4. The Bertz CT molecular complexity index is 963. The number of carbonyl (C=O) groups is 2. The lowest BCUT2D eigenvalue weighted by Crippen LogP contribution is -2.47. The molecule has 3 N–H and O–H groups in total. The van der Waals surface area contributed by atoms with Gasteiger partial charge in [-0.15, -0.1) is 0 Å². The molecule has 0 spiro atoms. The molecule has 0 heterocycles. The van der Waals surface area contributed by atoms with Crippen LogP contribution >= 0.6 is 23.2 Å². The molecule has 158 valence electrons. The molecular weight excluding hydrogens is 434 g/mol. The molecule has 0 saturated heterocycles. The zero-order valence-electron chi connectivity index (χ0n) is 15.9. The van der Waals surface area contributed by atoms with Gasteiger partial charge in [0.2, 0.25) is 5.96 Å². The van der Waals surface area contributed by atoms with Crippen LogP contribution in [-0.4, -0.2) is 37.2 Å². The molecule has 3 rings (SSSR count). The van der Waals surface area contributed by atoms with Crippen LogP contribution in [0.15, 0.2) is 47.5 Å². The van der Waals surface area contributed by atoms with Crippen LogP contribution in [0.3, 0.4) is 0 Å². The first-order valence-electron chi connectivity index (χ1n) is 9.05. The lowest BCUT2D eigenvalue weighted by Gasteiger charge is -2.33. The molecule has 1 aliphatic rings. The Morgan fingerprint density at radius 1 is 1.10 bits per heavy atom. The van der Waals surface area contributed by atoms with Crippen molar-refractivity contribution in [3.8, 4) is 0 Å². The molecular formula is C20H19Cl2FN4O3. The summed E-state index contributed by atoms with van der Waals surface area (Å²) < 4.78 is 17.7. The molecule has 0 radical (unpaired) electrons. The van der Waals surface area contributed by atoms with Gasteiger partial charge in [-0.1, -0.05) is 23.2 Å². The monoisotopic (exact) mass is 452 g/mol. The summed E-state index contributed by atoms with van der Waals surface area (Å²) >= 11 is 12.0. The molecule has 0 atom stereocenters. The topological polar surface area (TPSA) is 91.8 Å². The number of ether oxygens (including phenoxy) is 1. The third kappa shape index (κ3) is 5.84. The van der Waals surface area contributed by atoms with Crippen LogP contribution < -0.4 is 16.0 Å². The van der Waals surface area contributed by atoms with Crippen molar-refractivity contribution in [3.05, 3.63) is 63.9 Å². The summed E-state index contributed by atoms with van der Waals surface area (Å²) in [5.41, 5.74) is 0.852. The number of halogens is 3. The first kappa shape index (κ1) is 21.9. The Balaban J connectivity index is 1.72. The van der Waals surface area contributed by atoms with Gasteiger partial charge in [0.25, 0.3) is 5.91 Å². The molecule has 2 aromatic rings. The number of alkyl carbamates (subject to hydrolysis) is 1. The molecule has 0 bridgehead atoms. The molecule has 2 aromatic carbocycles. The summed E-state index contributed by atoms with van der Waals surface area (Å²) in [7, 11) is 1.30. The highest BCUT2D eigenvalue weighted by molar-refractivity contribution is 6.42. The number of hydrogen-bond donors (Lipinski definition) is 3. The second-order valence-electron chi connectivity index (χ2n) is 6.65. The van der Waals surface area contributed by atoms with E-state index in [2.05, 4.69) is 25.7 Å². The van der Waals surface area contributed by atoms with E-state index in [4.69, 9.17) is 23.2 Å². The van der Waals surface area contributed by atoms with E-state index >= 15 is 0 Å². The molecule has 30 heavy (non-hydrogen) atoms. The molecule has 0 unspecified atom stereocenters. The largest absolute Gasteiger partial charge is 0.453 e. The number of anilines is 1. The standard InChI is InChI=1S/C20H19Cl2FN4O3/c1-30-20(29)26-15-8-14(9-15)25-19(24-13-6-7-16(21)17(22)10-13)27-18(28)11-2-4-12(23)5-3-11/h2-7,10,14-15H,8-9H2,1H3,(H,26,29)(H2,24,25,27,28). The lowest BCUT2D eigenvalue weighted by atomic mass is 9.87. The third-order valence-corrected chi connectivity index (χ3v) is 5.19. The number of rotatable bonds is 4. The Hall–Kier alpha value is -2.84. The highest BCUT2D eigenvalue weighted by Crippen LogP contribution is 2.26. The lowest BCUT2D eigenvalue weighted by molar-refractivity contribution is 0.0976. The first-order valence-corrected chi connectivity index (χ1v) is 9.81. The van der Waals surface area contributed by atoms with Gasteiger partial charge < -0.3 is 15.4 Å². The van der Waals surface area contributed by atoms with Crippen molar-refractivity contribution in [1.29, 1.82) is 0 Å². The van der Waals surface area contributed by atoms with E-state index in [0.717, 1.165) is 0 Å². The van der Waals surface area contributed by atoms with E-state index in [1.165, 1.54) is 31.4 Å². The SMILES string of the molecule is COC(=O)NC1CC(N=C(NC(=O)c2ccc(F)cc2)Nc2ccc(Cl)c(Cl)c2)C1. The molecule has 1 fully saturated rings. The Morgan fingerprint density at radius 3 is 2.43 bits per heavy atom. The number of nitrogens with zero attached hydrogens (tertiary/aromatic N) is 1. The summed E-state index contributed by atoms with van der Waals surface area (Å²) in [5, 5.41) is 9.14. The molecule has 10 heteroatoms. The van der Waals surface area contributed by atoms with Crippen LogP contribution in [0.1, 0.15) is 23.2 Å². The average molecular weight is 453 g/mol. The van der Waals surface area contributed by atoms with Crippen molar-refractivity contribution >= 4 is 46.8 Å². The van der Waals surface area contributed by atoms with Crippen LogP contribution in [0.5, 0.6) is 0 Å². The molecule has 2 amide bonds. The summed E-state index contributed by atoms with van der Waals surface area (Å²) in [4.78, 5) is 28.3. The van der Waals surface area contributed by atoms with E-state index in [1.807, 2.05) is 0 Å². The summed E-state index contributed by atoms with van der Waals surface area (Å²) in [6.45, 7) is 0. The Morgan fingerprint density at radius 2 is 1.80 bits per heavy atom. The highest BCUT2D eigenvalue weighted by atomic mass is 35.5. The fraction of sp³-hybridized carbons (Fsp3) is 0.250. The summed E-state index contributed by atoms with van der Waals surface area (Å²) in [6.07, 6.45) is 0.684. The van der Waals surface area contributed by atoms with E-state index in [-0.39, 0.29) is 23.6 Å². The maximum atomic E-state index is 13.1. The summed E-state index contributed by atoms with van der Waals surface area (Å²) in [6, 6.07) is 9.90. The Labute approximate surface area is 182 Å². The van der Waals surface area contributed by atoms with E-state index < -0.39 is 17.8 Å².